The fraction of sp³-hybridized carbons (Fsp3) is 0.189. The molecule has 0 saturated heterocycles. The summed E-state index contributed by atoms with van der Waals surface area (Å²) in [7, 11) is 0. The quantitative estimate of drug-likeness (QED) is 0.183. The van der Waals surface area contributed by atoms with Crippen molar-refractivity contribution in [2.45, 2.75) is 38.2 Å². The summed E-state index contributed by atoms with van der Waals surface area (Å²) in [5, 5.41) is 12.8. The number of benzene rings is 4. The van der Waals surface area contributed by atoms with E-state index >= 15 is 0 Å². The van der Waals surface area contributed by atoms with Crippen LogP contribution in [0, 0.1) is 5.41 Å². The molecular weight excluding hydrogens is 522 g/mol. The lowest BCUT2D eigenvalue weighted by Gasteiger charge is -2.30. The van der Waals surface area contributed by atoms with Crippen LogP contribution in [0.2, 0.25) is 0 Å². The molecule has 1 aliphatic rings. The van der Waals surface area contributed by atoms with Crippen LogP contribution in [0.3, 0.4) is 0 Å². The molecule has 0 saturated carbocycles. The Morgan fingerprint density at radius 1 is 0.810 bits per heavy atom. The normalized spacial score (nSPS) is 18.3. The maximum absolute atomic E-state index is 13.5. The molecule has 4 aromatic carbocycles. The molecule has 1 unspecified atom stereocenters. The second-order valence-electron chi connectivity index (χ2n) is 10.6. The molecule has 212 valence electrons. The summed E-state index contributed by atoms with van der Waals surface area (Å²) in [5.41, 5.74) is 4.10. The van der Waals surface area contributed by atoms with Crippen LogP contribution in [-0.2, 0) is 16.0 Å². The van der Waals surface area contributed by atoms with E-state index < -0.39 is 17.5 Å². The number of ether oxygens (including phenoxy) is 1. The fourth-order valence-electron chi connectivity index (χ4n) is 5.30. The van der Waals surface area contributed by atoms with Gasteiger partial charge in [0.15, 0.2) is 6.10 Å². The first-order valence-corrected chi connectivity index (χ1v) is 14.3. The van der Waals surface area contributed by atoms with Crippen LogP contribution in [-0.4, -0.2) is 23.1 Å². The molecule has 0 aromatic heterocycles. The van der Waals surface area contributed by atoms with Gasteiger partial charge in [-0.2, -0.15) is 0 Å². The molecule has 0 radical (unpaired) electrons. The van der Waals surface area contributed by atoms with Gasteiger partial charge in [0.2, 0.25) is 5.91 Å². The van der Waals surface area contributed by atoms with Crippen LogP contribution in [0.1, 0.15) is 36.8 Å². The molecule has 1 aliphatic carbocycles. The predicted molar refractivity (Wildman–Crippen MR) is 168 cm³/mol. The Balaban J connectivity index is 1.22. The highest BCUT2D eigenvalue weighted by Crippen LogP contribution is 2.37. The van der Waals surface area contributed by atoms with Crippen molar-refractivity contribution in [3.8, 4) is 16.9 Å². The van der Waals surface area contributed by atoms with Gasteiger partial charge in [-0.1, -0.05) is 123 Å². The third-order valence-corrected chi connectivity index (χ3v) is 7.62. The lowest BCUT2D eigenvalue weighted by molar-refractivity contribution is -0.145. The van der Waals surface area contributed by atoms with E-state index in [0.717, 1.165) is 35.2 Å². The zero-order valence-corrected chi connectivity index (χ0v) is 23.6. The summed E-state index contributed by atoms with van der Waals surface area (Å²) in [6, 6.07) is 34.8. The highest BCUT2D eigenvalue weighted by molar-refractivity contribution is 5.98. The smallest absolute Gasteiger partial charge is 0.345 e. The maximum atomic E-state index is 13.5. The maximum Gasteiger partial charge on any atom is 0.345 e. The number of nitrogens with one attached hydrogen (secondary N) is 1. The molecule has 2 N–H and O–H groups in total. The van der Waals surface area contributed by atoms with Gasteiger partial charge in [-0.25, -0.2) is 4.79 Å². The number of rotatable bonds is 11. The lowest BCUT2D eigenvalue weighted by Crippen LogP contribution is -2.34. The number of hydrogen-bond donors (Lipinski definition) is 2. The van der Waals surface area contributed by atoms with Crippen molar-refractivity contribution < 1.29 is 19.4 Å². The Kier molecular flexibility index (Phi) is 8.98. The number of hydrogen-bond acceptors (Lipinski definition) is 3. The van der Waals surface area contributed by atoms with Crippen molar-refractivity contribution in [3.05, 3.63) is 145 Å². The van der Waals surface area contributed by atoms with Crippen molar-refractivity contribution in [1.82, 2.24) is 0 Å². The molecule has 1 atom stereocenters. The second kappa shape index (κ2) is 13.2. The molecule has 1 amide bonds. The number of amides is 1. The van der Waals surface area contributed by atoms with Crippen molar-refractivity contribution in [2.24, 2.45) is 5.41 Å². The number of anilines is 1. The first-order chi connectivity index (χ1) is 20.5. The average Bonchev–Trinajstić information content (AvgIpc) is 3.03. The average molecular weight is 558 g/mol. The van der Waals surface area contributed by atoms with Gasteiger partial charge in [-0.05, 0) is 52.9 Å². The van der Waals surface area contributed by atoms with Crippen molar-refractivity contribution >= 4 is 17.6 Å². The summed E-state index contributed by atoms with van der Waals surface area (Å²) in [6.07, 6.45) is 9.28. The third kappa shape index (κ3) is 6.87. The second-order valence-corrected chi connectivity index (χ2v) is 10.6. The van der Waals surface area contributed by atoms with Gasteiger partial charge in [-0.3, -0.25) is 4.79 Å². The van der Waals surface area contributed by atoms with Crippen LogP contribution >= 0.6 is 0 Å². The van der Waals surface area contributed by atoms with E-state index in [4.69, 9.17) is 4.74 Å². The minimum absolute atomic E-state index is 0.0406. The minimum atomic E-state index is -1.00. The number of aliphatic carboxylic acids is 1. The van der Waals surface area contributed by atoms with Crippen LogP contribution < -0.4 is 10.1 Å². The van der Waals surface area contributed by atoms with Crippen LogP contribution in [0.5, 0.6) is 5.75 Å². The molecule has 0 aliphatic heterocycles. The highest BCUT2D eigenvalue weighted by Gasteiger charge is 2.34. The molecule has 0 heterocycles. The van der Waals surface area contributed by atoms with E-state index in [-0.39, 0.29) is 18.2 Å². The van der Waals surface area contributed by atoms with E-state index in [9.17, 15) is 14.7 Å². The van der Waals surface area contributed by atoms with Crippen molar-refractivity contribution in [1.29, 1.82) is 0 Å². The summed E-state index contributed by atoms with van der Waals surface area (Å²) >= 11 is 0. The number of carboxylic acid groups (broad SMARTS) is 1. The Labute approximate surface area is 247 Å². The predicted octanol–water partition coefficient (Wildman–Crippen LogP) is 8.06. The lowest BCUT2D eigenvalue weighted by atomic mass is 9.76. The molecule has 0 fully saturated rings. The minimum Gasteiger partial charge on any atom is -0.478 e. The number of carboxylic acids is 1. The summed E-state index contributed by atoms with van der Waals surface area (Å²) in [6.45, 7) is 2.09. The first-order valence-electron chi connectivity index (χ1n) is 14.3. The van der Waals surface area contributed by atoms with E-state index in [1.54, 1.807) is 12.1 Å². The van der Waals surface area contributed by atoms with Crippen LogP contribution in [0.4, 0.5) is 5.69 Å². The molecule has 42 heavy (non-hydrogen) atoms. The largest absolute Gasteiger partial charge is 0.478 e. The third-order valence-electron chi connectivity index (χ3n) is 7.62. The fourth-order valence-corrected chi connectivity index (χ4v) is 5.30. The number of carbonyl (C=O) groups excluding carboxylic acids is 1. The summed E-state index contributed by atoms with van der Waals surface area (Å²) in [4.78, 5) is 25.3. The molecular formula is C37H35NO4. The van der Waals surface area contributed by atoms with Gasteiger partial charge < -0.3 is 15.2 Å². The van der Waals surface area contributed by atoms with Crippen molar-refractivity contribution in [2.75, 3.05) is 5.32 Å². The molecule has 5 rings (SSSR count). The van der Waals surface area contributed by atoms with Gasteiger partial charge in [0.25, 0.3) is 0 Å². The first kappa shape index (κ1) is 28.6. The van der Waals surface area contributed by atoms with Crippen molar-refractivity contribution in [3.63, 3.8) is 0 Å². The molecule has 4 aromatic rings. The van der Waals surface area contributed by atoms with Gasteiger partial charge in [0.1, 0.15) is 5.75 Å². The monoisotopic (exact) mass is 557 g/mol. The standard InChI is InChI=1S/C37H35NO4/c1-2-23-37(24-21-31(22-25-37)28-11-7-4-8-12-28)36(41)38-32-17-13-29(14-18-32)30-15-19-33(20-16-30)42-34(35(39)40)26-27-9-5-3-6-10-27/h3-22,24-25,31,34H,2,23,26H2,1H3,(H,38,41)(H,39,40). The molecule has 5 heteroatoms. The Bertz CT molecular complexity index is 1530. The Morgan fingerprint density at radius 2 is 1.38 bits per heavy atom. The van der Waals surface area contributed by atoms with Crippen LogP contribution in [0.25, 0.3) is 11.1 Å². The van der Waals surface area contributed by atoms with E-state index in [2.05, 4.69) is 48.7 Å². The Hall–Kier alpha value is -4.90. The number of carbonyl (C=O) groups is 2. The Morgan fingerprint density at radius 3 is 1.95 bits per heavy atom. The number of allylic oxidation sites excluding steroid dienone is 2. The summed E-state index contributed by atoms with van der Waals surface area (Å²) < 4.78 is 5.79. The molecule has 0 bridgehead atoms. The van der Waals surface area contributed by atoms with E-state index in [1.165, 1.54) is 5.56 Å². The van der Waals surface area contributed by atoms with Gasteiger partial charge in [-0.15, -0.1) is 0 Å². The summed E-state index contributed by atoms with van der Waals surface area (Å²) in [5.74, 6) is -0.383. The molecule has 5 nitrogen and oxygen atoms in total. The van der Waals surface area contributed by atoms with Gasteiger partial charge >= 0.3 is 5.97 Å². The zero-order chi connectivity index (χ0) is 29.4. The van der Waals surface area contributed by atoms with E-state index in [1.807, 2.05) is 84.9 Å². The highest BCUT2D eigenvalue weighted by atomic mass is 16.5. The van der Waals surface area contributed by atoms with Gasteiger partial charge in [0.05, 0.1) is 5.41 Å². The SMILES string of the molecule is CCCC1(C(=O)Nc2ccc(-c3ccc(OC(Cc4ccccc4)C(=O)O)cc3)cc2)C=CC(c2ccccc2)C=C1. The topological polar surface area (TPSA) is 75.6 Å². The van der Waals surface area contributed by atoms with E-state index in [0.29, 0.717) is 5.75 Å². The van der Waals surface area contributed by atoms with Crippen LogP contribution in [0.15, 0.2) is 133 Å². The van der Waals surface area contributed by atoms with Gasteiger partial charge in [0, 0.05) is 18.0 Å². The molecule has 0 spiro atoms. The zero-order valence-electron chi connectivity index (χ0n) is 23.6.